The van der Waals surface area contributed by atoms with E-state index in [0.717, 1.165) is 60.0 Å². The Morgan fingerprint density at radius 1 is 0.528 bits per heavy atom. The molecular weight excluding hydrogens is 653 g/mol. The molecule has 0 radical (unpaired) electrons. The summed E-state index contributed by atoms with van der Waals surface area (Å²) in [6.07, 6.45) is 0. The predicted molar refractivity (Wildman–Crippen MR) is 208 cm³/mol. The van der Waals surface area contributed by atoms with Crippen LogP contribution < -0.4 is 0 Å². The number of benzene rings is 7. The van der Waals surface area contributed by atoms with Crippen molar-refractivity contribution in [2.24, 2.45) is 0 Å². The van der Waals surface area contributed by atoms with E-state index < -0.39 is 0 Å². The van der Waals surface area contributed by atoms with Gasteiger partial charge < -0.3 is 13.6 Å². The summed E-state index contributed by atoms with van der Waals surface area (Å²) in [7, 11) is 0. The first-order valence-electron chi connectivity index (χ1n) is 16.9. The highest BCUT2D eigenvalue weighted by Gasteiger charge is 2.24. The molecule has 7 nitrogen and oxygen atoms in total. The van der Waals surface area contributed by atoms with Crippen LogP contribution in [-0.2, 0) is 0 Å². The van der Waals surface area contributed by atoms with Crippen LogP contribution in [0.25, 0.3) is 92.9 Å². The highest BCUT2D eigenvalue weighted by atomic mass is 16.3. The molecule has 0 saturated heterocycles. The monoisotopic (exact) mass is 674 g/mol. The lowest BCUT2D eigenvalue weighted by molar-refractivity contribution is 0.671. The molecule has 10 aromatic rings. The van der Waals surface area contributed by atoms with E-state index in [1.165, 1.54) is 0 Å². The van der Waals surface area contributed by atoms with Gasteiger partial charge in [-0.05, 0) is 65.7 Å². The van der Waals surface area contributed by atoms with E-state index in [2.05, 4.69) is 51.9 Å². The lowest BCUT2D eigenvalue weighted by atomic mass is 9.94. The first-order chi connectivity index (χ1) is 26.1. The number of fused-ring (bicyclic) bond motifs is 10. The molecule has 0 bridgehead atoms. The van der Waals surface area contributed by atoms with Crippen LogP contribution in [0.1, 0.15) is 16.7 Å². The maximum Gasteiger partial charge on any atom is 0.211 e. The third-order valence-corrected chi connectivity index (χ3v) is 10.3. The number of nitrogens with zero attached hydrogens (tertiary/aromatic N) is 6. The Kier molecular flexibility index (Phi) is 6.30. The lowest BCUT2D eigenvalue weighted by Crippen LogP contribution is -2.02. The summed E-state index contributed by atoms with van der Waals surface area (Å²) in [5.74, 6) is 0. The molecule has 0 saturated carbocycles. The molecule has 7 heteroatoms. The molecule has 0 atom stereocenters. The van der Waals surface area contributed by atoms with Crippen LogP contribution in [0.15, 0.2) is 138 Å². The minimum atomic E-state index is 0.166. The Bertz CT molecular complexity index is 3350. The van der Waals surface area contributed by atoms with Crippen LogP contribution in [0.3, 0.4) is 0 Å². The molecule has 0 N–H and O–H groups in total. The second-order valence-electron chi connectivity index (χ2n) is 12.9. The van der Waals surface area contributed by atoms with Gasteiger partial charge in [-0.2, -0.15) is 15.8 Å². The van der Waals surface area contributed by atoms with Gasteiger partial charge in [0.2, 0.25) is 5.69 Å². The Morgan fingerprint density at radius 3 is 1.75 bits per heavy atom. The maximum atomic E-state index is 10.7. The molecule has 0 aliphatic carbocycles. The van der Waals surface area contributed by atoms with Gasteiger partial charge >= 0.3 is 0 Å². The quantitative estimate of drug-likeness (QED) is 0.174. The molecule has 53 heavy (non-hydrogen) atoms. The highest BCUT2D eigenvalue weighted by molar-refractivity contribution is 6.21. The summed E-state index contributed by atoms with van der Waals surface area (Å²) in [6.45, 7) is 8.17. The van der Waals surface area contributed by atoms with Crippen molar-refractivity contribution in [1.82, 2.24) is 9.13 Å². The zero-order valence-electron chi connectivity index (χ0n) is 27.8. The number of hydrogen-bond acceptors (Lipinski definition) is 4. The summed E-state index contributed by atoms with van der Waals surface area (Å²) >= 11 is 0. The Balaban J connectivity index is 1.32. The fraction of sp³-hybridized carbons (Fsp3) is 0. The molecule has 0 unspecified atom stereocenters. The zero-order chi connectivity index (χ0) is 35.8. The zero-order valence-corrected chi connectivity index (χ0v) is 27.8. The van der Waals surface area contributed by atoms with Crippen molar-refractivity contribution in [3.8, 4) is 40.7 Å². The average Bonchev–Trinajstić information content (AvgIpc) is 3.87. The SMILES string of the molecule is [C-]#[N+]c1cc(C#N)c(-c2cc(C#N)c(C#N)c(-n3c4ccccc4c4ccc5c6ccccc6oc5c43)c2)cc1-n1c2ccccc2c2ccccc21. The van der Waals surface area contributed by atoms with Gasteiger partial charge in [0.05, 0.1) is 57.2 Å². The van der Waals surface area contributed by atoms with E-state index in [4.69, 9.17) is 11.0 Å². The second-order valence-corrected chi connectivity index (χ2v) is 12.9. The van der Waals surface area contributed by atoms with E-state index >= 15 is 0 Å². The smallest absolute Gasteiger partial charge is 0.211 e. The van der Waals surface area contributed by atoms with E-state index in [1.54, 1.807) is 12.1 Å². The summed E-state index contributed by atoms with van der Waals surface area (Å²) in [4.78, 5) is 3.89. The van der Waals surface area contributed by atoms with Gasteiger partial charge in [0.15, 0.2) is 5.58 Å². The largest absolute Gasteiger partial charge is 0.454 e. The normalized spacial score (nSPS) is 11.3. The molecule has 3 aromatic heterocycles. The molecule has 0 spiro atoms. The van der Waals surface area contributed by atoms with Crippen LogP contribution >= 0.6 is 0 Å². The van der Waals surface area contributed by atoms with Gasteiger partial charge in [0.1, 0.15) is 17.7 Å². The molecule has 0 aliphatic heterocycles. The number of aromatic nitrogens is 2. The molecule has 0 fully saturated rings. The van der Waals surface area contributed by atoms with Crippen LogP contribution in [0, 0.1) is 40.6 Å². The topological polar surface area (TPSA) is 98.7 Å². The van der Waals surface area contributed by atoms with E-state index in [9.17, 15) is 15.8 Å². The Hall–Kier alpha value is -8.10. The summed E-state index contributed by atoms with van der Waals surface area (Å²) in [5.41, 5.74) is 8.02. The second kappa shape index (κ2) is 11.2. The standard InChI is InChI=1S/C46H22N6O/c1-50-38-21-29(25-48)36(23-43(38)51-39-14-6-2-10-30(39)31-11-3-7-15-40(31)51)27-20-28(24-47)37(26-49)42(22-27)52-41-16-8-4-12-32(41)34-18-19-35-33-13-5-9-17-44(33)53-46(35)45(34)52/h2-23H. The van der Waals surface area contributed by atoms with Gasteiger partial charge in [-0.15, -0.1) is 0 Å². The first kappa shape index (κ1) is 29.8. The first-order valence-corrected chi connectivity index (χ1v) is 16.9. The van der Waals surface area contributed by atoms with E-state index in [1.807, 2.05) is 102 Å². The summed E-state index contributed by atoms with van der Waals surface area (Å²) in [5, 5.41) is 37.6. The highest BCUT2D eigenvalue weighted by Crippen LogP contribution is 2.43. The van der Waals surface area contributed by atoms with Crippen molar-refractivity contribution >= 4 is 71.2 Å². The number of hydrogen-bond donors (Lipinski definition) is 0. The lowest BCUT2D eigenvalue weighted by Gasteiger charge is -2.17. The number of para-hydroxylation sites is 4. The number of rotatable bonds is 3. The van der Waals surface area contributed by atoms with Crippen LogP contribution in [-0.4, -0.2) is 9.13 Å². The molecule has 242 valence electrons. The van der Waals surface area contributed by atoms with Gasteiger partial charge in [-0.1, -0.05) is 78.9 Å². The van der Waals surface area contributed by atoms with Crippen LogP contribution in [0.4, 0.5) is 5.69 Å². The molecule has 0 amide bonds. The van der Waals surface area contributed by atoms with Crippen LogP contribution in [0.5, 0.6) is 0 Å². The molecule has 0 aliphatic rings. The van der Waals surface area contributed by atoms with Crippen molar-refractivity contribution in [3.05, 3.63) is 162 Å². The number of furan rings is 1. The third-order valence-electron chi connectivity index (χ3n) is 10.3. The van der Waals surface area contributed by atoms with Crippen molar-refractivity contribution in [2.75, 3.05) is 0 Å². The van der Waals surface area contributed by atoms with Gasteiger partial charge in [-0.25, -0.2) is 4.85 Å². The molecule has 10 rings (SSSR count). The Labute approximate surface area is 302 Å². The fourth-order valence-corrected chi connectivity index (χ4v) is 8.00. The minimum Gasteiger partial charge on any atom is -0.454 e. The third kappa shape index (κ3) is 4.11. The predicted octanol–water partition coefficient (Wildman–Crippen LogP) is 11.6. The summed E-state index contributed by atoms with van der Waals surface area (Å²) in [6, 6.07) is 50.0. The fourth-order valence-electron chi connectivity index (χ4n) is 8.00. The molecule has 3 heterocycles. The van der Waals surface area contributed by atoms with Crippen molar-refractivity contribution in [3.63, 3.8) is 0 Å². The van der Waals surface area contributed by atoms with Crippen LogP contribution in [0.2, 0.25) is 0 Å². The summed E-state index contributed by atoms with van der Waals surface area (Å²) < 4.78 is 10.6. The molecule has 7 aromatic carbocycles. The maximum absolute atomic E-state index is 10.7. The van der Waals surface area contributed by atoms with Gasteiger partial charge in [-0.3, -0.25) is 0 Å². The Morgan fingerprint density at radius 2 is 1.11 bits per heavy atom. The minimum absolute atomic E-state index is 0.166. The number of nitriles is 3. The molecular formula is C46H22N6O. The van der Waals surface area contributed by atoms with Crippen molar-refractivity contribution < 1.29 is 4.42 Å². The van der Waals surface area contributed by atoms with E-state index in [0.29, 0.717) is 33.8 Å². The van der Waals surface area contributed by atoms with Gasteiger partial charge in [0.25, 0.3) is 0 Å². The van der Waals surface area contributed by atoms with E-state index in [-0.39, 0.29) is 16.7 Å². The van der Waals surface area contributed by atoms with Crippen molar-refractivity contribution in [2.45, 2.75) is 0 Å². The average molecular weight is 675 g/mol. The van der Waals surface area contributed by atoms with Crippen molar-refractivity contribution in [1.29, 1.82) is 15.8 Å². The van der Waals surface area contributed by atoms with Gasteiger partial charge in [0, 0.05) is 37.9 Å².